The number of nitrogens with two attached hydrogens (primary N) is 1. The van der Waals surface area contributed by atoms with Crippen molar-refractivity contribution in [2.45, 2.75) is 31.6 Å². The van der Waals surface area contributed by atoms with Crippen molar-refractivity contribution in [2.75, 3.05) is 5.73 Å². The molecule has 1 saturated carbocycles. The molecular weight excluding hydrogens is 353 g/mol. The molecule has 2 aromatic rings. The van der Waals surface area contributed by atoms with E-state index < -0.39 is 0 Å². The first-order chi connectivity index (χ1) is 9.15. The molecule has 5 nitrogen and oxygen atoms in total. The number of anilines is 1. The molecule has 1 fully saturated rings. The Morgan fingerprint density at radius 3 is 2.68 bits per heavy atom. The van der Waals surface area contributed by atoms with Crippen molar-refractivity contribution in [2.24, 2.45) is 7.05 Å². The molecule has 6 heteroatoms. The molecule has 0 bridgehead atoms. The van der Waals surface area contributed by atoms with E-state index in [0.29, 0.717) is 17.6 Å². The van der Waals surface area contributed by atoms with Gasteiger partial charge in [0.1, 0.15) is 5.82 Å². The van der Waals surface area contributed by atoms with Crippen molar-refractivity contribution in [3.05, 3.63) is 21.7 Å². The van der Waals surface area contributed by atoms with Crippen LogP contribution < -0.4 is 5.73 Å². The summed E-state index contributed by atoms with van der Waals surface area (Å²) >= 11 is 2.27. The maximum atomic E-state index is 6.05. The number of nitrogens with zero attached hydrogens (tertiary/aromatic N) is 4. The average molecular weight is 369 g/mol. The molecule has 0 unspecified atom stereocenters. The second kappa shape index (κ2) is 5.07. The number of aryl methyl sites for hydroxylation is 1. The van der Waals surface area contributed by atoms with E-state index in [2.05, 4.69) is 32.7 Å². The van der Waals surface area contributed by atoms with Crippen LogP contribution in [0.3, 0.4) is 0 Å². The minimum atomic E-state index is 0.535. The molecular formula is C13H16IN5. The van der Waals surface area contributed by atoms with Gasteiger partial charge in [-0.2, -0.15) is 5.10 Å². The van der Waals surface area contributed by atoms with E-state index in [1.165, 1.54) is 25.7 Å². The first-order valence-corrected chi connectivity index (χ1v) is 7.55. The highest BCUT2D eigenvalue weighted by molar-refractivity contribution is 14.1. The fourth-order valence-electron chi connectivity index (χ4n) is 2.62. The van der Waals surface area contributed by atoms with E-state index >= 15 is 0 Å². The summed E-state index contributed by atoms with van der Waals surface area (Å²) in [6.07, 6.45) is 8.68. The number of aromatic nitrogens is 4. The van der Waals surface area contributed by atoms with E-state index in [1.807, 2.05) is 13.2 Å². The van der Waals surface area contributed by atoms with Crippen molar-refractivity contribution in [3.63, 3.8) is 0 Å². The van der Waals surface area contributed by atoms with E-state index in [1.54, 1.807) is 10.9 Å². The molecule has 0 atom stereocenters. The van der Waals surface area contributed by atoms with Crippen LogP contribution in [0.1, 0.15) is 37.3 Å². The van der Waals surface area contributed by atoms with Crippen molar-refractivity contribution in [3.8, 4) is 11.4 Å². The van der Waals surface area contributed by atoms with Crippen LogP contribution >= 0.6 is 22.6 Å². The van der Waals surface area contributed by atoms with Gasteiger partial charge in [0.25, 0.3) is 0 Å². The molecule has 19 heavy (non-hydrogen) atoms. The summed E-state index contributed by atoms with van der Waals surface area (Å²) < 4.78 is 2.76. The van der Waals surface area contributed by atoms with Crippen LogP contribution in [0.25, 0.3) is 11.4 Å². The Morgan fingerprint density at radius 2 is 2.05 bits per heavy atom. The lowest BCUT2D eigenvalue weighted by atomic mass is 10.0. The van der Waals surface area contributed by atoms with Crippen molar-refractivity contribution >= 4 is 28.4 Å². The monoisotopic (exact) mass is 369 g/mol. The highest BCUT2D eigenvalue weighted by Crippen LogP contribution is 2.37. The summed E-state index contributed by atoms with van der Waals surface area (Å²) in [6.45, 7) is 0. The highest BCUT2D eigenvalue weighted by Gasteiger charge is 2.23. The molecule has 0 aromatic carbocycles. The largest absolute Gasteiger partial charge is 0.383 e. The van der Waals surface area contributed by atoms with Crippen LogP contribution in [0, 0.1) is 3.57 Å². The maximum Gasteiger partial charge on any atom is 0.165 e. The van der Waals surface area contributed by atoms with Crippen molar-refractivity contribution < 1.29 is 0 Å². The summed E-state index contributed by atoms with van der Waals surface area (Å²) in [5.41, 5.74) is 8.08. The summed E-state index contributed by atoms with van der Waals surface area (Å²) in [6, 6.07) is 0. The molecule has 3 rings (SSSR count). The van der Waals surface area contributed by atoms with Gasteiger partial charge in [0.15, 0.2) is 5.82 Å². The molecule has 0 spiro atoms. The third kappa shape index (κ3) is 2.45. The number of hydrogen-bond donors (Lipinski definition) is 1. The fourth-order valence-corrected chi connectivity index (χ4v) is 3.30. The van der Waals surface area contributed by atoms with Crippen LogP contribution in [0.2, 0.25) is 0 Å². The maximum absolute atomic E-state index is 6.05. The minimum Gasteiger partial charge on any atom is -0.383 e. The Hall–Kier alpha value is -1.18. The predicted molar refractivity (Wildman–Crippen MR) is 82.6 cm³/mol. The number of nitrogen functional groups attached to an aromatic ring is 1. The predicted octanol–water partition coefficient (Wildman–Crippen LogP) is 2.72. The first-order valence-electron chi connectivity index (χ1n) is 6.47. The van der Waals surface area contributed by atoms with Gasteiger partial charge < -0.3 is 5.73 Å². The second-order valence-electron chi connectivity index (χ2n) is 5.02. The van der Waals surface area contributed by atoms with E-state index in [0.717, 1.165) is 14.8 Å². The number of hydrogen-bond acceptors (Lipinski definition) is 4. The molecule has 2 N–H and O–H groups in total. The van der Waals surface area contributed by atoms with Gasteiger partial charge >= 0.3 is 0 Å². The lowest BCUT2D eigenvalue weighted by Crippen LogP contribution is -2.07. The van der Waals surface area contributed by atoms with Gasteiger partial charge in [0, 0.05) is 19.2 Å². The number of halogens is 1. The summed E-state index contributed by atoms with van der Waals surface area (Å²) in [5, 5.41) is 4.17. The van der Waals surface area contributed by atoms with Crippen LogP contribution in [0.15, 0.2) is 12.4 Å². The third-order valence-corrected chi connectivity index (χ3v) is 4.71. The van der Waals surface area contributed by atoms with Crippen molar-refractivity contribution in [1.29, 1.82) is 0 Å². The number of rotatable bonds is 2. The Balaban J connectivity index is 2.06. The lowest BCUT2D eigenvalue weighted by Gasteiger charge is -2.13. The standard InChI is InChI=1S/C13H16IN5/c1-19-7-9(6-16-19)13-17-11(8-4-2-3-5-8)10(14)12(15)18-13/h6-8H,2-5H2,1H3,(H2,15,17,18). The van der Waals surface area contributed by atoms with Gasteiger partial charge in [0.2, 0.25) is 0 Å². The fraction of sp³-hybridized carbons (Fsp3) is 0.462. The second-order valence-corrected chi connectivity index (χ2v) is 6.09. The van der Waals surface area contributed by atoms with Crippen LogP contribution in [0.5, 0.6) is 0 Å². The molecule has 2 aromatic heterocycles. The normalized spacial score (nSPS) is 16.1. The van der Waals surface area contributed by atoms with Gasteiger partial charge in [-0.1, -0.05) is 12.8 Å². The summed E-state index contributed by atoms with van der Waals surface area (Å²) in [5.74, 6) is 1.80. The van der Waals surface area contributed by atoms with Gasteiger partial charge in [-0.05, 0) is 35.4 Å². The first kappa shape index (κ1) is 12.8. The Kier molecular flexibility index (Phi) is 3.42. The zero-order chi connectivity index (χ0) is 13.4. The van der Waals surface area contributed by atoms with Crippen molar-refractivity contribution in [1.82, 2.24) is 19.7 Å². The third-order valence-electron chi connectivity index (χ3n) is 3.61. The van der Waals surface area contributed by atoms with Crippen LogP contribution in [-0.2, 0) is 7.05 Å². The summed E-state index contributed by atoms with van der Waals surface area (Å²) in [7, 11) is 1.89. The molecule has 0 amide bonds. The molecule has 0 aliphatic heterocycles. The van der Waals surface area contributed by atoms with Gasteiger partial charge in [-0.3, -0.25) is 4.68 Å². The topological polar surface area (TPSA) is 69.6 Å². The SMILES string of the molecule is Cn1cc(-c2nc(N)c(I)c(C3CCCC3)n2)cn1. The molecule has 100 valence electrons. The van der Waals surface area contributed by atoms with E-state index in [9.17, 15) is 0 Å². The minimum absolute atomic E-state index is 0.535. The smallest absolute Gasteiger partial charge is 0.165 e. The van der Waals surface area contributed by atoms with Crippen LogP contribution in [-0.4, -0.2) is 19.7 Å². The Bertz CT molecular complexity index is 601. The molecule has 1 aliphatic carbocycles. The average Bonchev–Trinajstić information content (AvgIpc) is 3.03. The molecule has 0 saturated heterocycles. The quantitative estimate of drug-likeness (QED) is 0.827. The van der Waals surface area contributed by atoms with Gasteiger partial charge in [0.05, 0.1) is 21.0 Å². The van der Waals surface area contributed by atoms with E-state index in [-0.39, 0.29) is 0 Å². The highest BCUT2D eigenvalue weighted by atomic mass is 127. The van der Waals surface area contributed by atoms with Gasteiger partial charge in [-0.25, -0.2) is 9.97 Å². The lowest BCUT2D eigenvalue weighted by molar-refractivity contribution is 0.691. The Labute approximate surface area is 125 Å². The zero-order valence-corrected chi connectivity index (χ0v) is 13.0. The summed E-state index contributed by atoms with van der Waals surface area (Å²) in [4.78, 5) is 9.14. The van der Waals surface area contributed by atoms with E-state index in [4.69, 9.17) is 10.7 Å². The zero-order valence-electron chi connectivity index (χ0n) is 10.8. The Morgan fingerprint density at radius 1 is 1.32 bits per heavy atom. The molecule has 2 heterocycles. The van der Waals surface area contributed by atoms with Crippen LogP contribution in [0.4, 0.5) is 5.82 Å². The molecule has 0 radical (unpaired) electrons. The molecule has 1 aliphatic rings. The van der Waals surface area contributed by atoms with Gasteiger partial charge in [-0.15, -0.1) is 0 Å².